The van der Waals surface area contributed by atoms with Crippen LogP contribution in [0.5, 0.6) is 0 Å². The molecule has 19 heavy (non-hydrogen) atoms. The molecule has 1 aromatic rings. The van der Waals surface area contributed by atoms with Gasteiger partial charge in [0.05, 0.1) is 0 Å². The highest BCUT2D eigenvalue weighted by atomic mass is 16.2. The van der Waals surface area contributed by atoms with Crippen molar-refractivity contribution in [3.63, 3.8) is 0 Å². The molecule has 1 N–H and O–H groups in total. The number of nitrogens with zero attached hydrogens (tertiary/aromatic N) is 1. The van der Waals surface area contributed by atoms with Crippen molar-refractivity contribution in [1.29, 1.82) is 0 Å². The molecule has 1 fully saturated rings. The summed E-state index contributed by atoms with van der Waals surface area (Å²) in [6.45, 7) is 9.92. The van der Waals surface area contributed by atoms with E-state index >= 15 is 0 Å². The molecule has 1 aromatic carbocycles. The van der Waals surface area contributed by atoms with Crippen LogP contribution in [0, 0.1) is 13.8 Å². The van der Waals surface area contributed by atoms with E-state index in [9.17, 15) is 4.79 Å². The summed E-state index contributed by atoms with van der Waals surface area (Å²) in [5, 5.41) is 3.28. The van der Waals surface area contributed by atoms with Crippen molar-refractivity contribution < 1.29 is 4.79 Å². The number of carbonyl (C=O) groups excluding carboxylic acids is 1. The zero-order valence-corrected chi connectivity index (χ0v) is 12.2. The second-order valence-electron chi connectivity index (χ2n) is 5.60. The molecule has 0 saturated carbocycles. The fourth-order valence-corrected chi connectivity index (χ4v) is 2.71. The van der Waals surface area contributed by atoms with E-state index in [1.807, 2.05) is 4.90 Å². The summed E-state index contributed by atoms with van der Waals surface area (Å²) in [4.78, 5) is 14.3. The molecule has 1 heterocycles. The third-order valence-electron chi connectivity index (χ3n) is 3.92. The van der Waals surface area contributed by atoms with E-state index in [0.717, 1.165) is 26.2 Å². The molecule has 0 radical (unpaired) electrons. The number of carbonyl (C=O) groups is 1. The van der Waals surface area contributed by atoms with E-state index in [4.69, 9.17) is 0 Å². The molecule has 0 aliphatic carbocycles. The zero-order chi connectivity index (χ0) is 13.8. The molecule has 3 nitrogen and oxygen atoms in total. The molecule has 1 unspecified atom stereocenters. The van der Waals surface area contributed by atoms with Crippen molar-refractivity contribution in [3.05, 3.63) is 34.9 Å². The van der Waals surface area contributed by atoms with Crippen molar-refractivity contribution in [2.75, 3.05) is 26.2 Å². The number of nitrogens with one attached hydrogen (secondary N) is 1. The average molecular weight is 260 g/mol. The van der Waals surface area contributed by atoms with Gasteiger partial charge in [0.1, 0.15) is 0 Å². The van der Waals surface area contributed by atoms with Gasteiger partial charge in [-0.1, -0.05) is 30.7 Å². The lowest BCUT2D eigenvalue weighted by atomic mass is 9.92. The van der Waals surface area contributed by atoms with Crippen LogP contribution in [0.25, 0.3) is 0 Å². The Morgan fingerprint density at radius 2 is 2.00 bits per heavy atom. The fraction of sp³-hybridized carbons (Fsp3) is 0.562. The van der Waals surface area contributed by atoms with Crippen molar-refractivity contribution in [2.45, 2.75) is 33.1 Å². The lowest BCUT2D eigenvalue weighted by Crippen LogP contribution is -2.46. The summed E-state index contributed by atoms with van der Waals surface area (Å²) >= 11 is 0. The van der Waals surface area contributed by atoms with Gasteiger partial charge in [0.25, 0.3) is 0 Å². The first kappa shape index (κ1) is 14.1. The average Bonchev–Trinajstić information content (AvgIpc) is 2.42. The summed E-state index contributed by atoms with van der Waals surface area (Å²) in [5.41, 5.74) is 3.86. The van der Waals surface area contributed by atoms with Gasteiger partial charge in [-0.3, -0.25) is 4.79 Å². The van der Waals surface area contributed by atoms with Crippen LogP contribution in [0.4, 0.5) is 0 Å². The highest BCUT2D eigenvalue weighted by Crippen LogP contribution is 2.24. The molecular formula is C16H24N2O. The Labute approximate surface area is 116 Å². The van der Waals surface area contributed by atoms with Gasteiger partial charge >= 0.3 is 0 Å². The Hall–Kier alpha value is -1.35. The topological polar surface area (TPSA) is 32.3 Å². The number of amides is 1. The normalized spacial score (nSPS) is 17.3. The van der Waals surface area contributed by atoms with Gasteiger partial charge in [0.2, 0.25) is 5.91 Å². The van der Waals surface area contributed by atoms with Crippen molar-refractivity contribution in [1.82, 2.24) is 10.2 Å². The molecule has 3 heteroatoms. The minimum absolute atomic E-state index is 0.287. The van der Waals surface area contributed by atoms with Crippen LogP contribution in [0.1, 0.15) is 36.0 Å². The van der Waals surface area contributed by atoms with Crippen LogP contribution >= 0.6 is 0 Å². The maximum atomic E-state index is 12.3. The number of piperazine rings is 1. The first-order valence-electron chi connectivity index (χ1n) is 7.13. The van der Waals surface area contributed by atoms with Gasteiger partial charge in [-0.15, -0.1) is 0 Å². The molecule has 1 saturated heterocycles. The zero-order valence-electron chi connectivity index (χ0n) is 12.2. The van der Waals surface area contributed by atoms with Crippen LogP contribution in [0.2, 0.25) is 0 Å². The third kappa shape index (κ3) is 3.57. The summed E-state index contributed by atoms with van der Waals surface area (Å²) in [6.07, 6.45) is 0.615. The third-order valence-corrected chi connectivity index (χ3v) is 3.92. The first-order valence-corrected chi connectivity index (χ1v) is 7.13. The van der Waals surface area contributed by atoms with Gasteiger partial charge in [0, 0.05) is 32.6 Å². The van der Waals surface area contributed by atoms with E-state index in [0.29, 0.717) is 12.3 Å². The van der Waals surface area contributed by atoms with E-state index in [1.165, 1.54) is 16.7 Å². The maximum absolute atomic E-state index is 12.3. The molecule has 1 atom stereocenters. The second-order valence-corrected chi connectivity index (χ2v) is 5.60. The highest BCUT2D eigenvalue weighted by Gasteiger charge is 2.20. The predicted octanol–water partition coefficient (Wildman–Crippen LogP) is 2.23. The molecule has 1 aliphatic heterocycles. The number of rotatable bonds is 3. The monoisotopic (exact) mass is 260 g/mol. The lowest BCUT2D eigenvalue weighted by molar-refractivity contribution is -0.132. The van der Waals surface area contributed by atoms with E-state index in [1.54, 1.807) is 0 Å². The van der Waals surface area contributed by atoms with Crippen molar-refractivity contribution in [3.8, 4) is 0 Å². The standard InChI is InChI=1S/C16H24N2O/c1-12-4-5-13(2)15(10-12)14(3)11-16(19)18-8-6-17-7-9-18/h4-5,10,14,17H,6-9,11H2,1-3H3. The largest absolute Gasteiger partial charge is 0.340 e. The minimum atomic E-state index is 0.287. The van der Waals surface area contributed by atoms with Gasteiger partial charge in [0.15, 0.2) is 0 Å². The Morgan fingerprint density at radius 1 is 1.32 bits per heavy atom. The second kappa shape index (κ2) is 6.20. The Kier molecular flexibility index (Phi) is 4.59. The van der Waals surface area contributed by atoms with E-state index in [-0.39, 0.29) is 5.91 Å². The molecule has 1 aliphatic rings. The van der Waals surface area contributed by atoms with Crippen LogP contribution in [-0.4, -0.2) is 37.0 Å². The summed E-state index contributed by atoms with van der Waals surface area (Å²) in [5.74, 6) is 0.581. The number of hydrogen-bond acceptors (Lipinski definition) is 2. The number of aryl methyl sites for hydroxylation is 2. The molecule has 0 spiro atoms. The Balaban J connectivity index is 2.01. The van der Waals surface area contributed by atoms with Crippen LogP contribution in [0.15, 0.2) is 18.2 Å². The minimum Gasteiger partial charge on any atom is -0.340 e. The summed E-state index contributed by atoms with van der Waals surface area (Å²) in [6, 6.07) is 6.49. The Morgan fingerprint density at radius 3 is 2.68 bits per heavy atom. The smallest absolute Gasteiger partial charge is 0.223 e. The van der Waals surface area contributed by atoms with E-state index < -0.39 is 0 Å². The molecule has 104 valence electrons. The summed E-state index contributed by atoms with van der Waals surface area (Å²) in [7, 11) is 0. The molecule has 1 amide bonds. The van der Waals surface area contributed by atoms with Crippen molar-refractivity contribution >= 4 is 5.91 Å². The van der Waals surface area contributed by atoms with Gasteiger partial charge < -0.3 is 10.2 Å². The molecule has 0 bridgehead atoms. The molecular weight excluding hydrogens is 236 g/mol. The van der Waals surface area contributed by atoms with Crippen LogP contribution in [0.3, 0.4) is 0 Å². The number of benzene rings is 1. The fourth-order valence-electron chi connectivity index (χ4n) is 2.71. The quantitative estimate of drug-likeness (QED) is 0.904. The molecule has 0 aromatic heterocycles. The maximum Gasteiger partial charge on any atom is 0.223 e. The SMILES string of the molecule is Cc1ccc(C)c(C(C)CC(=O)N2CCNCC2)c1. The van der Waals surface area contributed by atoms with Crippen molar-refractivity contribution in [2.24, 2.45) is 0 Å². The first-order chi connectivity index (χ1) is 9.08. The lowest BCUT2D eigenvalue weighted by Gasteiger charge is -2.28. The van der Waals surface area contributed by atoms with Gasteiger partial charge in [-0.05, 0) is 30.9 Å². The van der Waals surface area contributed by atoms with Gasteiger partial charge in [-0.25, -0.2) is 0 Å². The van der Waals surface area contributed by atoms with E-state index in [2.05, 4.69) is 44.3 Å². The predicted molar refractivity (Wildman–Crippen MR) is 78.4 cm³/mol. The number of hydrogen-bond donors (Lipinski definition) is 1. The van der Waals surface area contributed by atoms with Crippen LogP contribution in [-0.2, 0) is 4.79 Å². The molecule has 2 rings (SSSR count). The van der Waals surface area contributed by atoms with Crippen LogP contribution < -0.4 is 5.32 Å². The summed E-state index contributed by atoms with van der Waals surface area (Å²) < 4.78 is 0. The van der Waals surface area contributed by atoms with Gasteiger partial charge in [-0.2, -0.15) is 0 Å². The highest BCUT2D eigenvalue weighted by molar-refractivity contribution is 5.77. The Bertz CT molecular complexity index is 450.